The van der Waals surface area contributed by atoms with Gasteiger partial charge in [0.2, 0.25) is 0 Å². The van der Waals surface area contributed by atoms with Gasteiger partial charge in [-0.25, -0.2) is 4.57 Å². The number of nitrogens with zero attached hydrogens (tertiary/aromatic N) is 1. The molecule has 0 unspecified atom stereocenters. The second-order valence-corrected chi connectivity index (χ2v) is 9.92. The van der Waals surface area contributed by atoms with E-state index < -0.39 is 0 Å². The van der Waals surface area contributed by atoms with Crippen molar-refractivity contribution in [1.29, 1.82) is 0 Å². The number of benzene rings is 2. The number of ketones is 1. The third kappa shape index (κ3) is 5.26. The normalized spacial score (nSPS) is 12.6. The predicted octanol–water partition coefficient (Wildman–Crippen LogP) is 6.79. The number of carbonyl (C=O) groups is 1. The van der Waals surface area contributed by atoms with Gasteiger partial charge in [0.15, 0.2) is 18.9 Å². The van der Waals surface area contributed by atoms with Gasteiger partial charge in [0.25, 0.3) is 0 Å². The van der Waals surface area contributed by atoms with Crippen molar-refractivity contribution >= 4 is 55.9 Å². The second kappa shape index (κ2) is 10.2. The summed E-state index contributed by atoms with van der Waals surface area (Å²) in [4.78, 5) is 15.7. The van der Waals surface area contributed by atoms with Gasteiger partial charge < -0.3 is 9.72 Å². The van der Waals surface area contributed by atoms with Crippen molar-refractivity contribution in [2.45, 2.75) is 32.2 Å². The zero-order chi connectivity index (χ0) is 23.5. The maximum Gasteiger partial charge on any atom is 0.168 e. The lowest BCUT2D eigenvalue weighted by Crippen LogP contribution is -2.33. The van der Waals surface area contributed by atoms with Crippen LogP contribution in [0.5, 0.6) is 5.75 Å². The Morgan fingerprint density at radius 3 is 2.79 bits per heavy atom. The van der Waals surface area contributed by atoms with Gasteiger partial charge in [-0.2, -0.15) is 0 Å². The number of Topliss-reactive ketones (excluding diaryl/α,β-unsaturated/α-hetero) is 1. The summed E-state index contributed by atoms with van der Waals surface area (Å²) in [5, 5.41) is 1.64. The highest BCUT2D eigenvalue weighted by Gasteiger charge is 2.17. The minimum Gasteiger partial charge on any atom is -0.492 e. The molecule has 0 saturated heterocycles. The molecule has 0 spiro atoms. The number of fused-ring (bicyclic) bond motifs is 2. The Morgan fingerprint density at radius 2 is 1.94 bits per heavy atom. The van der Waals surface area contributed by atoms with Crippen LogP contribution >= 0.6 is 27.5 Å². The quantitative estimate of drug-likeness (QED) is 0.189. The molecule has 1 aliphatic carbocycles. The minimum atomic E-state index is 0.244. The summed E-state index contributed by atoms with van der Waals surface area (Å²) in [6, 6.07) is 18.3. The minimum absolute atomic E-state index is 0.244. The number of hydrogen-bond acceptors (Lipinski definition) is 2. The summed E-state index contributed by atoms with van der Waals surface area (Å²) < 4.78 is 9.05. The zero-order valence-corrected chi connectivity index (χ0v) is 21.0. The van der Waals surface area contributed by atoms with Crippen molar-refractivity contribution in [3.63, 3.8) is 0 Å². The zero-order valence-electron chi connectivity index (χ0n) is 18.7. The molecule has 0 atom stereocenters. The molecule has 4 nitrogen and oxygen atoms in total. The van der Waals surface area contributed by atoms with Gasteiger partial charge in [-0.1, -0.05) is 39.7 Å². The molecule has 4 aromatic rings. The molecule has 0 amide bonds. The lowest BCUT2D eigenvalue weighted by atomic mass is 10.1. The average Bonchev–Trinajstić information content (AvgIpc) is 3.44. The second-order valence-electron chi connectivity index (χ2n) is 8.60. The van der Waals surface area contributed by atoms with Crippen LogP contribution < -0.4 is 9.30 Å². The summed E-state index contributed by atoms with van der Waals surface area (Å²) in [5.41, 5.74) is 5.92. The van der Waals surface area contributed by atoms with Gasteiger partial charge >= 0.3 is 0 Å². The van der Waals surface area contributed by atoms with Crippen LogP contribution in [0.2, 0.25) is 5.02 Å². The fourth-order valence-corrected chi connectivity index (χ4v) is 4.95. The number of halogens is 2. The fraction of sp³-hybridized carbons (Fsp3) is 0.214. The number of aromatic amines is 1. The van der Waals surface area contributed by atoms with E-state index in [1.165, 1.54) is 16.7 Å². The van der Waals surface area contributed by atoms with Crippen LogP contribution in [0.3, 0.4) is 0 Å². The van der Waals surface area contributed by atoms with Crippen LogP contribution in [0, 0.1) is 0 Å². The first-order chi connectivity index (χ1) is 16.5. The molecule has 34 heavy (non-hydrogen) atoms. The number of hydrogen-bond donors (Lipinski definition) is 1. The SMILES string of the molecule is O=C(CCCOc1cc2[nH]c(C3=Cc4ccc(Br)cc4C3)cc2cc1Cl)CC[n+]1ccccc1. The summed E-state index contributed by atoms with van der Waals surface area (Å²) in [6.07, 6.45) is 8.79. The number of H-pyrrole nitrogens is 1. The molecule has 2 heterocycles. The number of aromatic nitrogens is 2. The maximum atomic E-state index is 12.2. The molecule has 172 valence electrons. The number of nitrogens with one attached hydrogen (secondary N) is 1. The molecular weight excluding hydrogens is 512 g/mol. The van der Waals surface area contributed by atoms with Crippen LogP contribution in [0.1, 0.15) is 36.1 Å². The fourth-order valence-electron chi connectivity index (χ4n) is 4.32. The van der Waals surface area contributed by atoms with E-state index in [0.717, 1.165) is 27.5 Å². The van der Waals surface area contributed by atoms with E-state index in [1.807, 2.05) is 47.3 Å². The van der Waals surface area contributed by atoms with E-state index in [9.17, 15) is 4.79 Å². The highest BCUT2D eigenvalue weighted by atomic mass is 79.9. The maximum absolute atomic E-state index is 12.2. The number of aryl methyl sites for hydroxylation is 1. The number of carbonyl (C=O) groups excluding carboxylic acids is 1. The van der Waals surface area contributed by atoms with Gasteiger partial charge in [-0.15, -0.1) is 0 Å². The summed E-state index contributed by atoms with van der Waals surface area (Å²) in [7, 11) is 0. The first kappa shape index (κ1) is 22.9. The van der Waals surface area contributed by atoms with Gasteiger partial charge in [0.1, 0.15) is 11.5 Å². The third-order valence-electron chi connectivity index (χ3n) is 6.12. The molecule has 0 fully saturated rings. The van der Waals surface area contributed by atoms with E-state index in [1.54, 1.807) is 0 Å². The lowest BCUT2D eigenvalue weighted by molar-refractivity contribution is -0.695. The van der Waals surface area contributed by atoms with E-state index >= 15 is 0 Å². The van der Waals surface area contributed by atoms with Crippen molar-refractivity contribution in [2.75, 3.05) is 6.61 Å². The van der Waals surface area contributed by atoms with Gasteiger partial charge in [0, 0.05) is 52.1 Å². The van der Waals surface area contributed by atoms with E-state index in [4.69, 9.17) is 16.3 Å². The standard InChI is InChI=1S/C28H25BrClN2O2/c29-23-7-6-19-13-21(14-20(19)15-23)26-17-22-16-25(30)28(18-27(22)31-26)34-12-4-5-24(33)8-11-32-9-2-1-3-10-32/h1-3,6-7,9-10,13,15-18,31H,4-5,8,11-12,14H2/q+1. The van der Waals surface area contributed by atoms with Crippen LogP contribution in [0.15, 0.2) is 71.5 Å². The number of ether oxygens (including phenoxy) is 1. The van der Waals surface area contributed by atoms with Crippen LogP contribution in [-0.4, -0.2) is 17.4 Å². The molecule has 2 aromatic heterocycles. The van der Waals surface area contributed by atoms with Crippen molar-refractivity contribution < 1.29 is 14.1 Å². The average molecular weight is 537 g/mol. The Bertz CT molecular complexity index is 1380. The monoisotopic (exact) mass is 535 g/mol. The van der Waals surface area contributed by atoms with Crippen molar-refractivity contribution in [2.24, 2.45) is 0 Å². The van der Waals surface area contributed by atoms with Crippen LogP contribution in [-0.2, 0) is 17.8 Å². The Kier molecular flexibility index (Phi) is 6.84. The van der Waals surface area contributed by atoms with Gasteiger partial charge in [-0.3, -0.25) is 4.79 Å². The predicted molar refractivity (Wildman–Crippen MR) is 140 cm³/mol. The molecule has 0 saturated carbocycles. The molecule has 0 bridgehead atoms. The first-order valence-corrected chi connectivity index (χ1v) is 12.6. The topological polar surface area (TPSA) is 46.0 Å². The summed E-state index contributed by atoms with van der Waals surface area (Å²) in [6.45, 7) is 1.16. The number of rotatable bonds is 9. The molecule has 1 aliphatic rings. The lowest BCUT2D eigenvalue weighted by Gasteiger charge is -2.08. The van der Waals surface area contributed by atoms with Gasteiger partial charge in [-0.05, 0) is 53.5 Å². The molecule has 2 aromatic carbocycles. The molecular formula is C28H25BrClN2O2+. The number of allylic oxidation sites excluding steroid dienone is 1. The van der Waals surface area contributed by atoms with E-state index in [2.05, 4.69) is 51.3 Å². The summed E-state index contributed by atoms with van der Waals surface area (Å²) >= 11 is 10.1. The Balaban J connectivity index is 1.17. The molecule has 1 N–H and O–H groups in total. The molecule has 0 radical (unpaired) electrons. The van der Waals surface area contributed by atoms with E-state index in [0.29, 0.717) is 43.2 Å². The Hall–Kier alpha value is -2.89. The third-order valence-corrected chi connectivity index (χ3v) is 6.91. The first-order valence-electron chi connectivity index (χ1n) is 11.5. The van der Waals surface area contributed by atoms with Crippen molar-refractivity contribution in [3.05, 3.63) is 93.3 Å². The van der Waals surface area contributed by atoms with E-state index in [-0.39, 0.29) is 5.78 Å². The summed E-state index contributed by atoms with van der Waals surface area (Å²) in [5.74, 6) is 0.885. The largest absolute Gasteiger partial charge is 0.492 e. The van der Waals surface area contributed by atoms with Crippen LogP contribution in [0.25, 0.3) is 22.6 Å². The highest BCUT2D eigenvalue weighted by molar-refractivity contribution is 9.10. The molecule has 6 heteroatoms. The highest BCUT2D eigenvalue weighted by Crippen LogP contribution is 2.36. The van der Waals surface area contributed by atoms with Gasteiger partial charge in [0.05, 0.1) is 18.1 Å². The molecule has 5 rings (SSSR count). The van der Waals surface area contributed by atoms with Crippen LogP contribution in [0.4, 0.5) is 0 Å². The smallest absolute Gasteiger partial charge is 0.168 e. The molecule has 0 aliphatic heterocycles. The Labute approximate surface area is 212 Å². The van der Waals surface area contributed by atoms with Crippen molar-refractivity contribution in [1.82, 2.24) is 4.98 Å². The van der Waals surface area contributed by atoms with Crippen molar-refractivity contribution in [3.8, 4) is 5.75 Å². The Morgan fingerprint density at radius 1 is 1.09 bits per heavy atom. The number of pyridine rings is 1.